The molecule has 78 valence electrons. The van der Waals surface area contributed by atoms with Crippen LogP contribution in [-0.4, -0.2) is 17.4 Å². The van der Waals surface area contributed by atoms with Crippen molar-refractivity contribution in [1.29, 1.82) is 0 Å². The summed E-state index contributed by atoms with van der Waals surface area (Å²) in [5.74, 6) is -0.468. The van der Waals surface area contributed by atoms with E-state index in [9.17, 15) is 9.90 Å². The summed E-state index contributed by atoms with van der Waals surface area (Å²) in [6.45, 7) is 2.01. The molecule has 1 aliphatic rings. The molecule has 0 saturated carbocycles. The highest BCUT2D eigenvalue weighted by atomic mass is 16.6. The van der Waals surface area contributed by atoms with Crippen molar-refractivity contribution in [1.82, 2.24) is 0 Å². The second kappa shape index (κ2) is 3.87. The first-order valence-electron chi connectivity index (χ1n) is 4.80. The van der Waals surface area contributed by atoms with Gasteiger partial charge in [-0.25, -0.2) is 4.79 Å². The lowest BCUT2D eigenvalue weighted by molar-refractivity contribution is -0.151. The molecule has 15 heavy (non-hydrogen) atoms. The van der Waals surface area contributed by atoms with Crippen molar-refractivity contribution in [3.05, 3.63) is 47.0 Å². The SMILES string of the molecule is Cc1ccc(CC2=CC(=O)OC2O)cc1. The molecule has 1 unspecified atom stereocenters. The highest BCUT2D eigenvalue weighted by Crippen LogP contribution is 2.18. The van der Waals surface area contributed by atoms with Crippen molar-refractivity contribution >= 4 is 5.97 Å². The number of rotatable bonds is 2. The van der Waals surface area contributed by atoms with Crippen molar-refractivity contribution in [2.75, 3.05) is 0 Å². The molecule has 3 heteroatoms. The molecule has 1 aromatic carbocycles. The number of carbonyl (C=O) groups is 1. The standard InChI is InChI=1S/C12H12O3/c1-8-2-4-9(5-3-8)6-10-7-11(13)15-12(10)14/h2-5,7,12,14H,6H2,1H3. The number of benzene rings is 1. The third-order valence-electron chi connectivity index (χ3n) is 2.38. The Labute approximate surface area is 88.0 Å². The van der Waals surface area contributed by atoms with Crippen LogP contribution in [-0.2, 0) is 16.0 Å². The Bertz CT molecular complexity index is 403. The highest BCUT2D eigenvalue weighted by Gasteiger charge is 2.23. The lowest BCUT2D eigenvalue weighted by atomic mass is 10.0. The van der Waals surface area contributed by atoms with Gasteiger partial charge in [-0.05, 0) is 12.5 Å². The maximum absolute atomic E-state index is 10.8. The number of hydrogen-bond donors (Lipinski definition) is 1. The topological polar surface area (TPSA) is 46.5 Å². The monoisotopic (exact) mass is 204 g/mol. The number of aliphatic hydroxyl groups excluding tert-OH is 1. The number of cyclic esters (lactones) is 1. The molecule has 0 saturated heterocycles. The number of aliphatic hydroxyl groups is 1. The molecule has 1 N–H and O–H groups in total. The molecular formula is C12H12O3. The summed E-state index contributed by atoms with van der Waals surface area (Å²) in [6, 6.07) is 7.96. The van der Waals surface area contributed by atoms with Gasteiger partial charge >= 0.3 is 5.97 Å². The Morgan fingerprint density at radius 3 is 2.53 bits per heavy atom. The molecule has 0 amide bonds. The quantitative estimate of drug-likeness (QED) is 0.739. The zero-order valence-electron chi connectivity index (χ0n) is 8.43. The molecule has 0 spiro atoms. The van der Waals surface area contributed by atoms with Crippen molar-refractivity contribution in [2.24, 2.45) is 0 Å². The van der Waals surface area contributed by atoms with E-state index < -0.39 is 12.3 Å². The Balaban J connectivity index is 2.12. The van der Waals surface area contributed by atoms with Gasteiger partial charge in [-0.1, -0.05) is 29.8 Å². The summed E-state index contributed by atoms with van der Waals surface area (Å²) < 4.78 is 4.59. The van der Waals surface area contributed by atoms with Gasteiger partial charge in [0.25, 0.3) is 0 Å². The molecule has 1 atom stereocenters. The zero-order chi connectivity index (χ0) is 10.8. The largest absolute Gasteiger partial charge is 0.429 e. The number of ether oxygens (including phenoxy) is 1. The average Bonchev–Trinajstić information content (AvgIpc) is 2.49. The van der Waals surface area contributed by atoms with E-state index in [-0.39, 0.29) is 0 Å². The molecule has 3 nitrogen and oxygen atoms in total. The first-order valence-corrected chi connectivity index (χ1v) is 4.80. The van der Waals surface area contributed by atoms with Gasteiger partial charge in [-0.15, -0.1) is 0 Å². The van der Waals surface area contributed by atoms with Crippen LogP contribution in [0.2, 0.25) is 0 Å². The van der Waals surface area contributed by atoms with Crippen LogP contribution in [0.3, 0.4) is 0 Å². The van der Waals surface area contributed by atoms with Crippen LogP contribution in [0.4, 0.5) is 0 Å². The average molecular weight is 204 g/mol. The smallest absolute Gasteiger partial charge is 0.333 e. The molecule has 1 aromatic rings. The fourth-order valence-electron chi connectivity index (χ4n) is 1.52. The molecule has 2 rings (SSSR count). The van der Waals surface area contributed by atoms with Crippen molar-refractivity contribution in [3.8, 4) is 0 Å². The zero-order valence-corrected chi connectivity index (χ0v) is 8.43. The lowest BCUT2D eigenvalue weighted by Gasteiger charge is -2.07. The van der Waals surface area contributed by atoms with E-state index in [2.05, 4.69) is 4.74 Å². The van der Waals surface area contributed by atoms with Gasteiger partial charge in [0.05, 0.1) is 0 Å². The minimum Gasteiger partial charge on any atom is -0.429 e. The summed E-state index contributed by atoms with van der Waals surface area (Å²) in [7, 11) is 0. The molecule has 1 aliphatic heterocycles. The van der Waals surface area contributed by atoms with E-state index in [1.165, 1.54) is 11.6 Å². The van der Waals surface area contributed by atoms with E-state index in [4.69, 9.17) is 0 Å². The van der Waals surface area contributed by atoms with E-state index in [1.807, 2.05) is 31.2 Å². The normalized spacial score (nSPS) is 20.0. The number of esters is 1. The van der Waals surface area contributed by atoms with Crippen LogP contribution in [0, 0.1) is 6.92 Å². The molecule has 0 radical (unpaired) electrons. The van der Waals surface area contributed by atoms with Gasteiger partial charge in [0.2, 0.25) is 6.29 Å². The number of aryl methyl sites for hydroxylation is 1. The molecule has 0 fully saturated rings. The third kappa shape index (κ3) is 2.25. The molecule has 0 bridgehead atoms. The molecule has 0 aliphatic carbocycles. The first-order chi connectivity index (χ1) is 7.15. The third-order valence-corrected chi connectivity index (χ3v) is 2.38. The van der Waals surface area contributed by atoms with Crippen molar-refractivity contribution in [2.45, 2.75) is 19.6 Å². The van der Waals surface area contributed by atoms with Crippen molar-refractivity contribution in [3.63, 3.8) is 0 Å². The predicted octanol–water partition coefficient (Wildman–Crippen LogP) is 1.34. The second-order valence-electron chi connectivity index (χ2n) is 3.67. The maximum Gasteiger partial charge on any atom is 0.333 e. The van der Waals surface area contributed by atoms with Crippen LogP contribution >= 0.6 is 0 Å². The second-order valence-corrected chi connectivity index (χ2v) is 3.67. The maximum atomic E-state index is 10.8. The van der Waals surface area contributed by atoms with Gasteiger partial charge in [0.15, 0.2) is 0 Å². The molecular weight excluding hydrogens is 192 g/mol. The van der Waals surface area contributed by atoms with Crippen LogP contribution in [0.15, 0.2) is 35.9 Å². The van der Waals surface area contributed by atoms with Crippen LogP contribution in [0.5, 0.6) is 0 Å². The van der Waals surface area contributed by atoms with E-state index in [1.54, 1.807) is 0 Å². The van der Waals surface area contributed by atoms with Gasteiger partial charge in [-0.3, -0.25) is 0 Å². The van der Waals surface area contributed by atoms with Gasteiger partial charge < -0.3 is 9.84 Å². The van der Waals surface area contributed by atoms with E-state index >= 15 is 0 Å². The van der Waals surface area contributed by atoms with Gasteiger partial charge in [-0.2, -0.15) is 0 Å². The van der Waals surface area contributed by atoms with E-state index in [0.717, 1.165) is 5.56 Å². The number of carbonyl (C=O) groups excluding carboxylic acids is 1. The minimum atomic E-state index is -1.07. The van der Waals surface area contributed by atoms with Crippen LogP contribution in [0.1, 0.15) is 11.1 Å². The summed E-state index contributed by atoms with van der Waals surface area (Å²) in [5.41, 5.74) is 2.86. The fraction of sp³-hybridized carbons (Fsp3) is 0.250. The first kappa shape index (κ1) is 9.93. The van der Waals surface area contributed by atoms with Crippen molar-refractivity contribution < 1.29 is 14.6 Å². The molecule has 0 aromatic heterocycles. The summed E-state index contributed by atoms with van der Waals surface area (Å²) in [6.07, 6.45) is 0.830. The molecule has 1 heterocycles. The van der Waals surface area contributed by atoms with Gasteiger partial charge in [0.1, 0.15) is 0 Å². The predicted molar refractivity (Wildman–Crippen MR) is 55.1 cm³/mol. The lowest BCUT2D eigenvalue weighted by Crippen LogP contribution is -2.11. The summed E-state index contributed by atoms with van der Waals surface area (Å²) >= 11 is 0. The Morgan fingerprint density at radius 2 is 2.00 bits per heavy atom. The summed E-state index contributed by atoms with van der Waals surface area (Å²) in [5, 5.41) is 9.36. The van der Waals surface area contributed by atoms with Crippen LogP contribution < -0.4 is 0 Å². The fourth-order valence-corrected chi connectivity index (χ4v) is 1.52. The Hall–Kier alpha value is -1.61. The van der Waals surface area contributed by atoms with Crippen LogP contribution in [0.25, 0.3) is 0 Å². The Morgan fingerprint density at radius 1 is 1.33 bits per heavy atom. The number of hydrogen-bond acceptors (Lipinski definition) is 3. The highest BCUT2D eigenvalue weighted by molar-refractivity contribution is 5.85. The minimum absolute atomic E-state index is 0.468. The Kier molecular flexibility index (Phi) is 2.56. The van der Waals surface area contributed by atoms with Gasteiger partial charge in [0, 0.05) is 18.1 Å². The summed E-state index contributed by atoms with van der Waals surface area (Å²) in [4.78, 5) is 10.8. The van der Waals surface area contributed by atoms with E-state index in [0.29, 0.717) is 12.0 Å².